The third-order valence-corrected chi connectivity index (χ3v) is 2.67. The minimum atomic E-state index is -1.21. The molecule has 0 heterocycles. The first-order chi connectivity index (χ1) is 8.22. The number of carboxylic acid groups (broad SMARTS) is 2. The molecule has 0 spiro atoms. The zero-order valence-corrected chi connectivity index (χ0v) is 11.6. The second kappa shape index (κ2) is 10.2. The summed E-state index contributed by atoms with van der Waals surface area (Å²) in [6.45, 7) is 4.09. The third kappa shape index (κ3) is 10.4. The van der Waals surface area contributed by atoms with E-state index in [1.807, 2.05) is 13.8 Å². The molecule has 0 aliphatic rings. The van der Waals surface area contributed by atoms with Gasteiger partial charge in [-0.25, -0.2) is 0 Å². The van der Waals surface area contributed by atoms with Crippen LogP contribution in [0, 0.1) is 5.41 Å². The Kier molecular flexibility index (Phi) is 11.0. The predicted molar refractivity (Wildman–Crippen MR) is 69.8 cm³/mol. The van der Waals surface area contributed by atoms with Crippen molar-refractivity contribution in [3.63, 3.8) is 0 Å². The van der Waals surface area contributed by atoms with E-state index in [0.717, 1.165) is 12.8 Å². The number of carboxylic acids is 2. The van der Waals surface area contributed by atoms with Crippen molar-refractivity contribution < 1.29 is 30.0 Å². The maximum atomic E-state index is 9.90. The average Bonchev–Trinajstić information content (AvgIpc) is 2.29. The van der Waals surface area contributed by atoms with Gasteiger partial charge < -0.3 is 20.4 Å². The average molecular weight is 282 g/mol. The van der Waals surface area contributed by atoms with Crippen LogP contribution in [0.3, 0.4) is 0 Å². The highest BCUT2D eigenvalue weighted by Crippen LogP contribution is 2.20. The first kappa shape index (κ1) is 19.5. The summed E-state index contributed by atoms with van der Waals surface area (Å²) in [7, 11) is 0. The van der Waals surface area contributed by atoms with Gasteiger partial charge >= 0.3 is 11.9 Å². The number of aliphatic hydroxyl groups excluding tert-OH is 2. The maximum absolute atomic E-state index is 9.90. The van der Waals surface area contributed by atoms with Crippen LogP contribution in [-0.4, -0.2) is 50.8 Å². The summed E-state index contributed by atoms with van der Waals surface area (Å²) < 4.78 is 0. The molecule has 0 aliphatic carbocycles. The van der Waals surface area contributed by atoms with E-state index in [0.29, 0.717) is 0 Å². The Hall–Kier alpha value is -0.790. The Bertz CT molecular complexity index is 252. The van der Waals surface area contributed by atoms with Crippen LogP contribution in [0.1, 0.15) is 33.1 Å². The fraction of sp³-hybridized carbons (Fsp3) is 0.818. The van der Waals surface area contributed by atoms with Crippen LogP contribution in [0.15, 0.2) is 0 Å². The molecule has 1 unspecified atom stereocenters. The monoisotopic (exact) mass is 282 g/mol. The summed E-state index contributed by atoms with van der Waals surface area (Å²) in [5.74, 6) is -2.36. The lowest BCUT2D eigenvalue weighted by atomic mass is 9.88. The summed E-state index contributed by atoms with van der Waals surface area (Å²) >= 11 is 3.48. The molecule has 7 heteroatoms. The minimum absolute atomic E-state index is 0.0807. The van der Waals surface area contributed by atoms with Gasteiger partial charge in [-0.15, -0.1) is 0 Å². The van der Waals surface area contributed by atoms with Gasteiger partial charge in [0.2, 0.25) is 0 Å². The Labute approximate surface area is 112 Å². The Morgan fingerprint density at radius 1 is 1.22 bits per heavy atom. The number of aliphatic carboxylic acids is 2. The molecule has 6 nitrogen and oxygen atoms in total. The van der Waals surface area contributed by atoms with Gasteiger partial charge in [0.1, 0.15) is 5.25 Å². The van der Waals surface area contributed by atoms with Gasteiger partial charge in [0.05, 0.1) is 19.6 Å². The molecule has 0 amide bonds. The molecule has 1 atom stereocenters. The largest absolute Gasteiger partial charge is 0.481 e. The molecule has 18 heavy (non-hydrogen) atoms. The maximum Gasteiger partial charge on any atom is 0.316 e. The van der Waals surface area contributed by atoms with Gasteiger partial charge in [0.15, 0.2) is 0 Å². The first-order valence-corrected chi connectivity index (χ1v) is 6.08. The van der Waals surface area contributed by atoms with Crippen LogP contribution in [0.5, 0.6) is 0 Å². The number of hydrogen-bond donors (Lipinski definition) is 5. The molecule has 0 aliphatic heterocycles. The van der Waals surface area contributed by atoms with Crippen molar-refractivity contribution in [3.05, 3.63) is 0 Å². The quantitative estimate of drug-likeness (QED) is 0.437. The molecule has 0 fully saturated rings. The van der Waals surface area contributed by atoms with Crippen molar-refractivity contribution in [3.8, 4) is 0 Å². The number of hydrogen-bond acceptors (Lipinski definition) is 5. The fourth-order valence-electron chi connectivity index (χ4n) is 1.06. The van der Waals surface area contributed by atoms with Crippen molar-refractivity contribution in [1.82, 2.24) is 0 Å². The minimum Gasteiger partial charge on any atom is -0.481 e. The molecule has 0 saturated carbocycles. The molecule has 108 valence electrons. The number of carbonyl (C=O) groups is 2. The van der Waals surface area contributed by atoms with Crippen LogP contribution in [-0.2, 0) is 9.59 Å². The molecule has 0 aromatic carbocycles. The number of aliphatic hydroxyl groups is 2. The molecule has 4 N–H and O–H groups in total. The van der Waals surface area contributed by atoms with Crippen LogP contribution in [0.25, 0.3) is 0 Å². The van der Waals surface area contributed by atoms with E-state index < -0.39 is 23.6 Å². The SMILES string of the molecule is CCCC(C)(CO)CO.O=C(O)CC(S)C(=O)O. The molecule has 0 radical (unpaired) electrons. The lowest BCUT2D eigenvalue weighted by Crippen LogP contribution is -2.25. The number of rotatable bonds is 7. The van der Waals surface area contributed by atoms with Gasteiger partial charge in [-0.1, -0.05) is 20.3 Å². The third-order valence-electron chi connectivity index (χ3n) is 2.27. The van der Waals surface area contributed by atoms with Crippen molar-refractivity contribution in [2.75, 3.05) is 13.2 Å². The van der Waals surface area contributed by atoms with Crippen LogP contribution in [0.2, 0.25) is 0 Å². The molecule has 0 aromatic rings. The summed E-state index contributed by atoms with van der Waals surface area (Å²) in [6.07, 6.45) is 1.45. The normalized spacial score (nSPS) is 12.3. The highest BCUT2D eigenvalue weighted by Gasteiger charge is 2.20. The van der Waals surface area contributed by atoms with E-state index in [-0.39, 0.29) is 18.6 Å². The lowest BCUT2D eigenvalue weighted by molar-refractivity contribution is -0.142. The molecular weight excluding hydrogens is 260 g/mol. The molecule has 0 aromatic heterocycles. The highest BCUT2D eigenvalue weighted by molar-refractivity contribution is 7.81. The second-order valence-electron chi connectivity index (χ2n) is 4.33. The van der Waals surface area contributed by atoms with Crippen molar-refractivity contribution in [1.29, 1.82) is 0 Å². The van der Waals surface area contributed by atoms with Crippen molar-refractivity contribution >= 4 is 24.6 Å². The molecular formula is C11H22O6S. The Morgan fingerprint density at radius 3 is 1.78 bits per heavy atom. The van der Waals surface area contributed by atoms with Crippen LogP contribution < -0.4 is 0 Å². The number of thiol groups is 1. The Balaban J connectivity index is 0. The van der Waals surface area contributed by atoms with Gasteiger partial charge in [-0.05, 0) is 6.42 Å². The standard InChI is InChI=1S/C7H16O2.C4H6O4S/c1-3-4-7(2,5-8)6-9;5-3(6)1-2(9)4(7)8/h8-9H,3-6H2,1-2H3;2,9H,1H2,(H,5,6)(H,7,8). The van der Waals surface area contributed by atoms with Crippen LogP contribution in [0.4, 0.5) is 0 Å². The van der Waals surface area contributed by atoms with Gasteiger partial charge in [-0.3, -0.25) is 9.59 Å². The summed E-state index contributed by atoms with van der Waals surface area (Å²) in [6, 6.07) is 0. The van der Waals surface area contributed by atoms with Crippen molar-refractivity contribution in [2.24, 2.45) is 5.41 Å². The zero-order chi connectivity index (χ0) is 14.8. The van der Waals surface area contributed by atoms with E-state index >= 15 is 0 Å². The van der Waals surface area contributed by atoms with E-state index in [9.17, 15) is 9.59 Å². The lowest BCUT2D eigenvalue weighted by Gasteiger charge is -2.23. The predicted octanol–water partition coefficient (Wildman–Crippen LogP) is 0.621. The van der Waals surface area contributed by atoms with E-state index in [1.165, 1.54) is 0 Å². The van der Waals surface area contributed by atoms with E-state index in [4.69, 9.17) is 20.4 Å². The molecule has 0 saturated heterocycles. The topological polar surface area (TPSA) is 115 Å². The Morgan fingerprint density at radius 2 is 1.67 bits per heavy atom. The second-order valence-corrected chi connectivity index (χ2v) is 4.95. The van der Waals surface area contributed by atoms with E-state index in [2.05, 4.69) is 12.6 Å². The van der Waals surface area contributed by atoms with Gasteiger partial charge in [0.25, 0.3) is 0 Å². The highest BCUT2D eigenvalue weighted by atomic mass is 32.1. The van der Waals surface area contributed by atoms with Gasteiger partial charge in [0, 0.05) is 5.41 Å². The van der Waals surface area contributed by atoms with Crippen molar-refractivity contribution in [2.45, 2.75) is 38.4 Å². The van der Waals surface area contributed by atoms with E-state index in [1.54, 1.807) is 0 Å². The smallest absolute Gasteiger partial charge is 0.316 e. The zero-order valence-electron chi connectivity index (χ0n) is 10.7. The van der Waals surface area contributed by atoms with Gasteiger partial charge in [-0.2, -0.15) is 12.6 Å². The summed E-state index contributed by atoms with van der Waals surface area (Å²) in [5.41, 5.74) is -0.255. The summed E-state index contributed by atoms with van der Waals surface area (Å²) in [5, 5.41) is 32.5. The molecule has 0 rings (SSSR count). The first-order valence-electron chi connectivity index (χ1n) is 5.56. The molecule has 0 bridgehead atoms. The fourth-order valence-corrected chi connectivity index (χ4v) is 1.22. The van der Waals surface area contributed by atoms with Crippen LogP contribution >= 0.6 is 12.6 Å². The summed E-state index contributed by atoms with van der Waals surface area (Å²) in [4.78, 5) is 19.7.